The van der Waals surface area contributed by atoms with Gasteiger partial charge < -0.3 is 5.32 Å². The molecule has 5 heteroatoms. The monoisotopic (exact) mass is 265 g/mol. The van der Waals surface area contributed by atoms with E-state index in [4.69, 9.17) is 0 Å². The minimum Gasteiger partial charge on any atom is -0.316 e. The van der Waals surface area contributed by atoms with Crippen molar-refractivity contribution in [3.8, 4) is 0 Å². The topological polar surface area (TPSA) is 46.0 Å². The molecule has 0 radical (unpaired) electrons. The summed E-state index contributed by atoms with van der Waals surface area (Å²) in [7, 11) is 0. The molecule has 0 amide bonds. The fourth-order valence-electron chi connectivity index (χ4n) is 2.71. The number of rotatable bonds is 7. The van der Waals surface area contributed by atoms with Crippen molar-refractivity contribution in [3.63, 3.8) is 0 Å². The van der Waals surface area contributed by atoms with E-state index in [1.807, 2.05) is 4.68 Å². The molecule has 0 bridgehead atoms. The lowest BCUT2D eigenvalue weighted by Gasteiger charge is -2.31. The van der Waals surface area contributed by atoms with Crippen molar-refractivity contribution < 1.29 is 0 Å². The lowest BCUT2D eigenvalue weighted by atomic mass is 9.97. The van der Waals surface area contributed by atoms with E-state index in [0.29, 0.717) is 0 Å². The molecule has 1 N–H and O–H groups in total. The van der Waals surface area contributed by atoms with Crippen molar-refractivity contribution in [1.29, 1.82) is 0 Å². The molecule has 0 unspecified atom stereocenters. The molecule has 1 aliphatic heterocycles. The van der Waals surface area contributed by atoms with Crippen molar-refractivity contribution in [3.05, 3.63) is 12.2 Å². The number of hydrogen-bond donors (Lipinski definition) is 1. The van der Waals surface area contributed by atoms with Crippen molar-refractivity contribution in [2.45, 2.75) is 46.2 Å². The zero-order valence-corrected chi connectivity index (χ0v) is 12.3. The number of likely N-dealkylation sites (tertiary alicyclic amines) is 1. The maximum Gasteiger partial charge on any atom is 0.140 e. The molecule has 1 fully saturated rings. The van der Waals surface area contributed by atoms with Gasteiger partial charge in [-0.25, -0.2) is 9.67 Å². The van der Waals surface area contributed by atoms with Crippen LogP contribution in [0.4, 0.5) is 0 Å². The molecular weight excluding hydrogens is 238 g/mol. The molecule has 108 valence electrons. The Labute approximate surface area is 116 Å². The molecule has 1 aromatic rings. The summed E-state index contributed by atoms with van der Waals surface area (Å²) in [5.41, 5.74) is 0. The van der Waals surface area contributed by atoms with Crippen LogP contribution in [0.5, 0.6) is 0 Å². The summed E-state index contributed by atoms with van der Waals surface area (Å²) in [4.78, 5) is 6.87. The maximum atomic E-state index is 4.36. The van der Waals surface area contributed by atoms with Gasteiger partial charge in [0.2, 0.25) is 0 Å². The second-order valence-electron chi connectivity index (χ2n) is 5.42. The maximum absolute atomic E-state index is 4.36. The highest BCUT2D eigenvalue weighted by Gasteiger charge is 2.20. The van der Waals surface area contributed by atoms with Crippen LogP contribution >= 0.6 is 0 Å². The zero-order valence-electron chi connectivity index (χ0n) is 12.3. The van der Waals surface area contributed by atoms with Crippen LogP contribution in [-0.4, -0.2) is 45.8 Å². The van der Waals surface area contributed by atoms with E-state index in [2.05, 4.69) is 34.1 Å². The zero-order chi connectivity index (χ0) is 13.5. The first-order valence-electron chi connectivity index (χ1n) is 7.63. The lowest BCUT2D eigenvalue weighted by Crippen LogP contribution is -2.37. The predicted molar refractivity (Wildman–Crippen MR) is 76.9 cm³/mol. The number of piperidine rings is 1. The molecule has 1 saturated heterocycles. The van der Waals surface area contributed by atoms with Crippen molar-refractivity contribution in [2.75, 3.05) is 26.2 Å². The quantitative estimate of drug-likeness (QED) is 0.759. The van der Waals surface area contributed by atoms with E-state index in [9.17, 15) is 0 Å². The molecule has 0 aromatic carbocycles. The van der Waals surface area contributed by atoms with E-state index < -0.39 is 0 Å². The Morgan fingerprint density at radius 1 is 1.32 bits per heavy atom. The molecular formula is C14H27N5. The molecule has 0 aliphatic carbocycles. The van der Waals surface area contributed by atoms with E-state index in [-0.39, 0.29) is 0 Å². The van der Waals surface area contributed by atoms with E-state index in [1.165, 1.54) is 38.9 Å². The van der Waals surface area contributed by atoms with Crippen molar-refractivity contribution in [1.82, 2.24) is 25.0 Å². The average Bonchev–Trinajstić information content (AvgIpc) is 2.88. The Morgan fingerprint density at radius 2 is 2.11 bits per heavy atom. The fraction of sp³-hybridized carbons (Fsp3) is 0.857. The van der Waals surface area contributed by atoms with Gasteiger partial charge in [0, 0.05) is 6.54 Å². The molecule has 5 nitrogen and oxygen atoms in total. The standard InChI is InChI=1S/C14H27N5/c1-3-7-15-10-13-5-8-18(9-6-13)11-14-16-12-17-19(14)4-2/h12-13,15H,3-11H2,1-2H3. The Hall–Kier alpha value is -0.940. The van der Waals surface area contributed by atoms with Crippen LogP contribution in [0.15, 0.2) is 6.33 Å². The normalized spacial score (nSPS) is 18.0. The largest absolute Gasteiger partial charge is 0.316 e. The third-order valence-corrected chi connectivity index (χ3v) is 3.93. The highest BCUT2D eigenvalue weighted by Crippen LogP contribution is 2.17. The van der Waals surface area contributed by atoms with Gasteiger partial charge in [0.1, 0.15) is 12.2 Å². The average molecular weight is 265 g/mol. The minimum absolute atomic E-state index is 0.854. The first-order valence-corrected chi connectivity index (χ1v) is 7.63. The molecule has 0 saturated carbocycles. The van der Waals surface area contributed by atoms with Crippen LogP contribution in [-0.2, 0) is 13.1 Å². The number of aryl methyl sites for hydroxylation is 1. The predicted octanol–water partition coefficient (Wildman–Crippen LogP) is 1.51. The molecule has 2 heterocycles. The minimum atomic E-state index is 0.854. The summed E-state index contributed by atoms with van der Waals surface area (Å²) in [5, 5.41) is 7.77. The van der Waals surface area contributed by atoms with Crippen LogP contribution in [0.25, 0.3) is 0 Å². The molecule has 19 heavy (non-hydrogen) atoms. The Kier molecular flexibility index (Phi) is 5.79. The van der Waals surface area contributed by atoms with Crippen molar-refractivity contribution in [2.24, 2.45) is 5.92 Å². The van der Waals surface area contributed by atoms with Gasteiger partial charge in [-0.3, -0.25) is 4.90 Å². The van der Waals surface area contributed by atoms with Gasteiger partial charge in [0.15, 0.2) is 0 Å². The Morgan fingerprint density at radius 3 is 2.79 bits per heavy atom. The third kappa shape index (κ3) is 4.28. The van der Waals surface area contributed by atoms with Gasteiger partial charge in [-0.05, 0) is 58.3 Å². The summed E-state index contributed by atoms with van der Waals surface area (Å²) >= 11 is 0. The van der Waals surface area contributed by atoms with Crippen LogP contribution in [0.1, 0.15) is 38.9 Å². The SMILES string of the molecule is CCCNCC1CCN(Cc2ncnn2CC)CC1. The fourth-order valence-corrected chi connectivity index (χ4v) is 2.71. The lowest BCUT2D eigenvalue weighted by molar-refractivity contribution is 0.170. The third-order valence-electron chi connectivity index (χ3n) is 3.93. The van der Waals surface area contributed by atoms with Gasteiger partial charge in [0.05, 0.1) is 6.54 Å². The van der Waals surface area contributed by atoms with Gasteiger partial charge in [-0.1, -0.05) is 6.92 Å². The van der Waals surface area contributed by atoms with E-state index in [0.717, 1.165) is 31.4 Å². The number of hydrogen-bond acceptors (Lipinski definition) is 4. The molecule has 0 spiro atoms. The van der Waals surface area contributed by atoms with Crippen LogP contribution in [0, 0.1) is 5.92 Å². The second kappa shape index (κ2) is 7.60. The molecule has 1 aromatic heterocycles. The summed E-state index contributed by atoms with van der Waals surface area (Å²) in [6.07, 6.45) is 5.50. The van der Waals surface area contributed by atoms with Crippen LogP contribution < -0.4 is 5.32 Å². The number of nitrogens with one attached hydrogen (secondary N) is 1. The van der Waals surface area contributed by atoms with Gasteiger partial charge in [-0.15, -0.1) is 0 Å². The number of nitrogens with zero attached hydrogens (tertiary/aromatic N) is 4. The van der Waals surface area contributed by atoms with Crippen LogP contribution in [0.3, 0.4) is 0 Å². The van der Waals surface area contributed by atoms with Crippen LogP contribution in [0.2, 0.25) is 0 Å². The van der Waals surface area contributed by atoms with Gasteiger partial charge in [-0.2, -0.15) is 5.10 Å². The first kappa shape index (κ1) is 14.5. The smallest absolute Gasteiger partial charge is 0.140 e. The van der Waals surface area contributed by atoms with Gasteiger partial charge in [0.25, 0.3) is 0 Å². The van der Waals surface area contributed by atoms with E-state index >= 15 is 0 Å². The van der Waals surface area contributed by atoms with E-state index in [1.54, 1.807) is 6.33 Å². The van der Waals surface area contributed by atoms with Gasteiger partial charge >= 0.3 is 0 Å². The summed E-state index contributed by atoms with van der Waals surface area (Å²) in [5.74, 6) is 1.96. The molecule has 0 atom stereocenters. The second-order valence-corrected chi connectivity index (χ2v) is 5.42. The number of aromatic nitrogens is 3. The Bertz CT molecular complexity index is 354. The highest BCUT2D eigenvalue weighted by atomic mass is 15.3. The molecule has 1 aliphatic rings. The summed E-state index contributed by atoms with van der Waals surface area (Å²) in [6, 6.07) is 0. The Balaban J connectivity index is 1.71. The summed E-state index contributed by atoms with van der Waals surface area (Å²) in [6.45, 7) is 10.9. The first-order chi connectivity index (χ1) is 9.33. The molecule has 2 rings (SSSR count). The highest BCUT2D eigenvalue weighted by molar-refractivity contribution is 4.86. The summed E-state index contributed by atoms with van der Waals surface area (Å²) < 4.78 is 1.99. The van der Waals surface area contributed by atoms with Crippen molar-refractivity contribution >= 4 is 0 Å².